The Labute approximate surface area is 137 Å². The van der Waals surface area contributed by atoms with Crippen molar-refractivity contribution in [2.45, 2.75) is 18.4 Å². The minimum Gasteiger partial charge on any atom is -0.508 e. The number of anilines is 2. The zero-order valence-electron chi connectivity index (χ0n) is 13.5. The van der Waals surface area contributed by atoms with E-state index >= 15 is 0 Å². The van der Waals surface area contributed by atoms with Gasteiger partial charge in [0.2, 0.25) is 0 Å². The lowest BCUT2D eigenvalue weighted by molar-refractivity contribution is 0.421. The fourth-order valence-electron chi connectivity index (χ4n) is 3.89. The molecular weight excluding hydrogens is 284 g/mol. The van der Waals surface area contributed by atoms with Gasteiger partial charge < -0.3 is 15.3 Å². The molecule has 2 aromatic carbocycles. The lowest BCUT2D eigenvalue weighted by atomic mass is 9.77. The Hall–Kier alpha value is -2.42. The predicted molar refractivity (Wildman–Crippen MR) is 95.2 cm³/mol. The van der Waals surface area contributed by atoms with Gasteiger partial charge in [0.15, 0.2) is 0 Å². The van der Waals surface area contributed by atoms with Crippen molar-refractivity contribution in [1.29, 1.82) is 0 Å². The first kappa shape index (κ1) is 14.2. The molecule has 1 heterocycles. The van der Waals surface area contributed by atoms with Gasteiger partial charge in [0, 0.05) is 31.4 Å². The molecule has 2 N–H and O–H groups in total. The molecule has 1 aliphatic heterocycles. The minimum absolute atomic E-state index is 0.309. The number of fused-ring (bicyclic) bond motifs is 3. The summed E-state index contributed by atoms with van der Waals surface area (Å²) in [6, 6.07) is 14.8. The van der Waals surface area contributed by atoms with Crippen LogP contribution in [0.3, 0.4) is 0 Å². The quantitative estimate of drug-likeness (QED) is 0.642. The molecule has 3 atom stereocenters. The lowest BCUT2D eigenvalue weighted by Crippen LogP contribution is -2.29. The molecule has 0 bridgehead atoms. The second-order valence-electron chi connectivity index (χ2n) is 6.73. The fraction of sp³-hybridized carbons (Fsp3) is 0.300. The largest absolute Gasteiger partial charge is 0.508 e. The predicted octanol–water partition coefficient (Wildman–Crippen LogP) is 4.28. The number of hydrogen-bond donors (Lipinski definition) is 2. The van der Waals surface area contributed by atoms with Gasteiger partial charge in [0.1, 0.15) is 5.75 Å². The van der Waals surface area contributed by atoms with Gasteiger partial charge in [-0.3, -0.25) is 0 Å². The zero-order valence-corrected chi connectivity index (χ0v) is 13.5. The molecule has 0 saturated heterocycles. The molecule has 0 saturated carbocycles. The Morgan fingerprint density at radius 2 is 1.87 bits per heavy atom. The number of phenolic OH excluding ortho intramolecular Hbond substituents is 1. The average Bonchev–Trinajstić information content (AvgIpc) is 3.04. The summed E-state index contributed by atoms with van der Waals surface area (Å²) in [7, 11) is 4.13. The number of nitrogens with zero attached hydrogens (tertiary/aromatic N) is 1. The van der Waals surface area contributed by atoms with E-state index in [2.05, 4.69) is 60.7 Å². The molecule has 0 radical (unpaired) electrons. The monoisotopic (exact) mass is 306 g/mol. The Balaban J connectivity index is 1.71. The van der Waals surface area contributed by atoms with Gasteiger partial charge in [-0.15, -0.1) is 0 Å². The highest BCUT2D eigenvalue weighted by atomic mass is 16.3. The van der Waals surface area contributed by atoms with Gasteiger partial charge in [-0.1, -0.05) is 24.3 Å². The fourth-order valence-corrected chi connectivity index (χ4v) is 3.89. The van der Waals surface area contributed by atoms with Gasteiger partial charge in [-0.05, 0) is 53.8 Å². The third-order valence-electron chi connectivity index (χ3n) is 5.11. The van der Waals surface area contributed by atoms with Crippen LogP contribution in [0.2, 0.25) is 0 Å². The SMILES string of the molecule is CN(C)c1ccc(C2Nc3ccc(O)cc3C3C=CCC32)cc1. The van der Waals surface area contributed by atoms with Crippen LogP contribution in [0.4, 0.5) is 11.4 Å². The number of hydrogen-bond acceptors (Lipinski definition) is 3. The van der Waals surface area contributed by atoms with Crippen LogP contribution in [0.5, 0.6) is 5.75 Å². The van der Waals surface area contributed by atoms with Crippen molar-refractivity contribution in [1.82, 2.24) is 0 Å². The van der Waals surface area contributed by atoms with E-state index in [1.807, 2.05) is 12.1 Å². The van der Waals surface area contributed by atoms with E-state index in [1.54, 1.807) is 6.07 Å². The number of rotatable bonds is 2. The molecule has 4 rings (SSSR count). The van der Waals surface area contributed by atoms with E-state index in [0.29, 0.717) is 23.6 Å². The molecule has 3 unspecified atom stereocenters. The molecule has 3 heteroatoms. The van der Waals surface area contributed by atoms with Gasteiger partial charge in [-0.25, -0.2) is 0 Å². The first-order valence-corrected chi connectivity index (χ1v) is 8.17. The molecule has 0 spiro atoms. The van der Waals surface area contributed by atoms with Crippen LogP contribution in [0.1, 0.15) is 29.5 Å². The second kappa shape index (κ2) is 5.34. The maximum Gasteiger partial charge on any atom is 0.116 e. The summed E-state index contributed by atoms with van der Waals surface area (Å²) in [6.07, 6.45) is 5.65. The summed E-state index contributed by atoms with van der Waals surface area (Å²) >= 11 is 0. The van der Waals surface area contributed by atoms with Crippen LogP contribution >= 0.6 is 0 Å². The molecule has 0 amide bonds. The van der Waals surface area contributed by atoms with E-state index in [4.69, 9.17) is 0 Å². The van der Waals surface area contributed by atoms with Crippen LogP contribution in [0.25, 0.3) is 0 Å². The molecule has 2 aliphatic rings. The first-order chi connectivity index (χ1) is 11.1. The minimum atomic E-state index is 0.309. The summed E-state index contributed by atoms with van der Waals surface area (Å²) in [6.45, 7) is 0. The average molecular weight is 306 g/mol. The van der Waals surface area contributed by atoms with Crippen LogP contribution in [0, 0.1) is 5.92 Å². The molecule has 0 aromatic heterocycles. The highest BCUT2D eigenvalue weighted by molar-refractivity contribution is 5.62. The first-order valence-electron chi connectivity index (χ1n) is 8.17. The van der Waals surface area contributed by atoms with Crippen molar-refractivity contribution in [3.8, 4) is 5.75 Å². The normalized spacial score (nSPS) is 24.7. The third kappa shape index (κ3) is 2.37. The maximum absolute atomic E-state index is 9.82. The van der Waals surface area contributed by atoms with E-state index in [0.717, 1.165) is 12.1 Å². The number of allylic oxidation sites excluding steroid dienone is 2. The van der Waals surface area contributed by atoms with Crippen molar-refractivity contribution in [2.75, 3.05) is 24.3 Å². The van der Waals surface area contributed by atoms with E-state index in [9.17, 15) is 5.11 Å². The topological polar surface area (TPSA) is 35.5 Å². The Morgan fingerprint density at radius 1 is 1.09 bits per heavy atom. The smallest absolute Gasteiger partial charge is 0.116 e. The highest BCUT2D eigenvalue weighted by Crippen LogP contribution is 2.50. The van der Waals surface area contributed by atoms with E-state index in [-0.39, 0.29) is 0 Å². The summed E-state index contributed by atoms with van der Waals surface area (Å²) in [4.78, 5) is 2.12. The van der Waals surface area contributed by atoms with Crippen LogP contribution in [0.15, 0.2) is 54.6 Å². The lowest BCUT2D eigenvalue weighted by Gasteiger charge is -2.37. The maximum atomic E-state index is 9.82. The Kier molecular flexibility index (Phi) is 3.29. The van der Waals surface area contributed by atoms with E-state index < -0.39 is 0 Å². The number of nitrogens with one attached hydrogen (secondary N) is 1. The molecule has 3 nitrogen and oxygen atoms in total. The van der Waals surface area contributed by atoms with Gasteiger partial charge >= 0.3 is 0 Å². The molecule has 1 aliphatic carbocycles. The van der Waals surface area contributed by atoms with Crippen LogP contribution < -0.4 is 10.2 Å². The van der Waals surface area contributed by atoms with Crippen molar-refractivity contribution >= 4 is 11.4 Å². The van der Waals surface area contributed by atoms with Crippen LogP contribution in [-0.2, 0) is 0 Å². The standard InChI is InChI=1S/C20H22N2O/c1-22(2)14-8-6-13(7-9-14)20-17-5-3-4-16(17)18-12-15(23)10-11-19(18)21-20/h3-4,6-12,16-17,20-21,23H,5H2,1-2H3. The number of phenols is 1. The molecule has 0 fully saturated rings. The van der Waals surface area contributed by atoms with Crippen molar-refractivity contribution in [3.63, 3.8) is 0 Å². The summed E-state index contributed by atoms with van der Waals surface area (Å²) < 4.78 is 0. The molecule has 118 valence electrons. The zero-order chi connectivity index (χ0) is 16.0. The van der Waals surface area contributed by atoms with Gasteiger partial charge in [-0.2, -0.15) is 0 Å². The van der Waals surface area contributed by atoms with Crippen molar-refractivity contribution in [2.24, 2.45) is 5.92 Å². The van der Waals surface area contributed by atoms with Crippen molar-refractivity contribution < 1.29 is 5.11 Å². The van der Waals surface area contributed by atoms with Gasteiger partial charge in [0.25, 0.3) is 0 Å². The summed E-state index contributed by atoms with van der Waals surface area (Å²) in [5.41, 5.74) is 4.89. The third-order valence-corrected chi connectivity index (χ3v) is 5.11. The van der Waals surface area contributed by atoms with Crippen LogP contribution in [-0.4, -0.2) is 19.2 Å². The number of aromatic hydroxyl groups is 1. The molecule has 23 heavy (non-hydrogen) atoms. The highest BCUT2D eigenvalue weighted by Gasteiger charge is 2.37. The second-order valence-corrected chi connectivity index (χ2v) is 6.73. The van der Waals surface area contributed by atoms with E-state index in [1.165, 1.54) is 16.8 Å². The Bertz CT molecular complexity index is 749. The van der Waals surface area contributed by atoms with Crippen molar-refractivity contribution in [3.05, 3.63) is 65.7 Å². The summed E-state index contributed by atoms with van der Waals surface area (Å²) in [5.74, 6) is 1.24. The summed E-state index contributed by atoms with van der Waals surface area (Å²) in [5, 5.41) is 13.5. The molecular formula is C20H22N2O. The Morgan fingerprint density at radius 3 is 2.61 bits per heavy atom. The van der Waals surface area contributed by atoms with Gasteiger partial charge in [0.05, 0.1) is 6.04 Å². The number of benzene rings is 2. The molecule has 2 aromatic rings.